The fourth-order valence-corrected chi connectivity index (χ4v) is 2.84. The molecule has 0 N–H and O–H groups in total. The standard InChI is InChI=1S/C17H19NO5S/c1-11(2)15-10-17(19)12(3)9-16(15)18-23-24(20,21)14-7-5-13(22-4)6-8-14/h5-11H,1-4H3. The molecule has 0 amide bonds. The highest BCUT2D eigenvalue weighted by atomic mass is 32.2. The van der Waals surface area contributed by atoms with Crippen LogP contribution >= 0.6 is 0 Å². The van der Waals surface area contributed by atoms with Crippen molar-refractivity contribution >= 4 is 21.6 Å². The molecule has 0 bridgehead atoms. The molecule has 0 aliphatic heterocycles. The first-order valence-corrected chi connectivity index (χ1v) is 8.75. The maximum atomic E-state index is 12.2. The number of methoxy groups -OCH3 is 1. The zero-order valence-electron chi connectivity index (χ0n) is 13.9. The lowest BCUT2D eigenvalue weighted by molar-refractivity contribution is -0.111. The number of hydrogen-bond donors (Lipinski definition) is 0. The summed E-state index contributed by atoms with van der Waals surface area (Å²) in [5, 5.41) is 3.76. The summed E-state index contributed by atoms with van der Waals surface area (Å²) >= 11 is 0. The smallest absolute Gasteiger partial charge is 0.358 e. The Kier molecular flexibility index (Phi) is 5.23. The van der Waals surface area contributed by atoms with Gasteiger partial charge in [0.1, 0.15) is 16.4 Å². The van der Waals surface area contributed by atoms with Gasteiger partial charge in [-0.05, 0) is 60.4 Å². The van der Waals surface area contributed by atoms with Gasteiger partial charge in [-0.25, -0.2) is 0 Å². The van der Waals surface area contributed by atoms with Gasteiger partial charge in [-0.2, -0.15) is 8.42 Å². The molecule has 0 heterocycles. The van der Waals surface area contributed by atoms with Gasteiger partial charge in [0, 0.05) is 0 Å². The van der Waals surface area contributed by atoms with E-state index in [-0.39, 0.29) is 16.6 Å². The van der Waals surface area contributed by atoms with Crippen LogP contribution in [0.4, 0.5) is 0 Å². The Morgan fingerprint density at radius 1 is 1.08 bits per heavy atom. The topological polar surface area (TPSA) is 82.0 Å². The zero-order chi connectivity index (χ0) is 17.9. The number of rotatable bonds is 5. The van der Waals surface area contributed by atoms with Crippen LogP contribution in [0.2, 0.25) is 0 Å². The highest BCUT2D eigenvalue weighted by molar-refractivity contribution is 7.86. The minimum atomic E-state index is -4.05. The van der Waals surface area contributed by atoms with Gasteiger partial charge in [-0.3, -0.25) is 9.08 Å². The summed E-state index contributed by atoms with van der Waals surface area (Å²) in [7, 11) is -2.56. The second-order valence-electron chi connectivity index (χ2n) is 5.63. The van der Waals surface area contributed by atoms with E-state index in [4.69, 9.17) is 9.02 Å². The average Bonchev–Trinajstić information content (AvgIpc) is 2.55. The van der Waals surface area contributed by atoms with Crippen molar-refractivity contribution in [3.8, 4) is 5.75 Å². The Morgan fingerprint density at radius 3 is 2.25 bits per heavy atom. The number of oxime groups is 1. The Bertz CT molecular complexity index is 830. The molecule has 7 heteroatoms. The molecule has 0 fully saturated rings. The molecule has 0 saturated carbocycles. The first-order valence-electron chi connectivity index (χ1n) is 7.35. The molecule has 0 atom stereocenters. The molecule has 1 aliphatic rings. The Labute approximate surface area is 141 Å². The lowest BCUT2D eigenvalue weighted by atomic mass is 9.90. The predicted molar refractivity (Wildman–Crippen MR) is 90.4 cm³/mol. The molecular formula is C17H19NO5S. The number of benzene rings is 1. The summed E-state index contributed by atoms with van der Waals surface area (Å²) in [6.07, 6.45) is 2.99. The summed E-state index contributed by atoms with van der Waals surface area (Å²) in [6, 6.07) is 5.79. The van der Waals surface area contributed by atoms with Gasteiger partial charge in [0.25, 0.3) is 0 Å². The Hall–Kier alpha value is -2.41. The zero-order valence-corrected chi connectivity index (χ0v) is 14.8. The van der Waals surface area contributed by atoms with Crippen LogP contribution in [0.3, 0.4) is 0 Å². The highest BCUT2D eigenvalue weighted by Gasteiger charge is 2.21. The molecular weight excluding hydrogens is 330 g/mol. The lowest BCUT2D eigenvalue weighted by Gasteiger charge is -2.15. The molecule has 24 heavy (non-hydrogen) atoms. The van der Waals surface area contributed by atoms with Crippen LogP contribution in [0.1, 0.15) is 20.8 Å². The monoisotopic (exact) mass is 349 g/mol. The first kappa shape index (κ1) is 17.9. The Balaban J connectivity index is 2.30. The van der Waals surface area contributed by atoms with E-state index in [0.29, 0.717) is 22.6 Å². The van der Waals surface area contributed by atoms with Gasteiger partial charge < -0.3 is 4.74 Å². The third kappa shape index (κ3) is 3.91. The molecule has 0 unspecified atom stereocenters. The Morgan fingerprint density at radius 2 is 1.71 bits per heavy atom. The maximum absolute atomic E-state index is 12.2. The number of hydrogen-bond acceptors (Lipinski definition) is 6. The van der Waals surface area contributed by atoms with E-state index in [0.717, 1.165) is 0 Å². The van der Waals surface area contributed by atoms with E-state index in [2.05, 4.69) is 5.16 Å². The summed E-state index contributed by atoms with van der Waals surface area (Å²) in [5.74, 6) is 0.426. The van der Waals surface area contributed by atoms with Crippen molar-refractivity contribution in [2.75, 3.05) is 7.11 Å². The number of ketones is 1. The SMILES string of the molecule is COc1ccc(S(=O)(=O)ON=C2C=C(C)C(=O)C=C2C(C)C)cc1. The molecule has 0 saturated heterocycles. The summed E-state index contributed by atoms with van der Waals surface area (Å²) in [6.45, 7) is 5.42. The van der Waals surface area contributed by atoms with Crippen molar-refractivity contribution in [3.05, 3.63) is 47.6 Å². The van der Waals surface area contributed by atoms with Crippen LogP contribution in [-0.4, -0.2) is 27.0 Å². The average molecular weight is 349 g/mol. The lowest BCUT2D eigenvalue weighted by Crippen LogP contribution is -2.17. The van der Waals surface area contributed by atoms with Crippen LogP contribution < -0.4 is 4.74 Å². The van der Waals surface area contributed by atoms with Crippen LogP contribution in [0.25, 0.3) is 0 Å². The van der Waals surface area contributed by atoms with Gasteiger partial charge in [0.05, 0.1) is 7.11 Å². The largest absolute Gasteiger partial charge is 0.497 e. The maximum Gasteiger partial charge on any atom is 0.358 e. The molecule has 0 spiro atoms. The van der Waals surface area contributed by atoms with Crippen molar-refractivity contribution in [2.24, 2.45) is 11.1 Å². The van der Waals surface area contributed by atoms with Crippen LogP contribution in [0, 0.1) is 5.92 Å². The summed E-state index contributed by atoms with van der Waals surface area (Å²) in [5.41, 5.74) is 1.44. The van der Waals surface area contributed by atoms with Gasteiger partial charge in [-0.1, -0.05) is 19.0 Å². The number of nitrogens with zero attached hydrogens (tertiary/aromatic N) is 1. The predicted octanol–water partition coefficient (Wildman–Crippen LogP) is 2.87. The number of carbonyl (C=O) groups excluding carboxylic acids is 1. The molecule has 2 rings (SSSR count). The second kappa shape index (κ2) is 7.00. The van der Waals surface area contributed by atoms with Crippen molar-refractivity contribution in [1.29, 1.82) is 0 Å². The number of allylic oxidation sites excluding steroid dienone is 4. The first-order chi connectivity index (χ1) is 11.2. The van der Waals surface area contributed by atoms with E-state index in [9.17, 15) is 13.2 Å². The van der Waals surface area contributed by atoms with Crippen molar-refractivity contribution in [1.82, 2.24) is 0 Å². The van der Waals surface area contributed by atoms with Gasteiger partial charge in [0.15, 0.2) is 5.78 Å². The number of carbonyl (C=O) groups is 1. The van der Waals surface area contributed by atoms with Gasteiger partial charge >= 0.3 is 10.1 Å². The van der Waals surface area contributed by atoms with Crippen molar-refractivity contribution in [3.63, 3.8) is 0 Å². The van der Waals surface area contributed by atoms with Crippen molar-refractivity contribution < 1.29 is 22.2 Å². The van der Waals surface area contributed by atoms with E-state index in [1.807, 2.05) is 13.8 Å². The fourth-order valence-electron chi connectivity index (χ4n) is 2.10. The van der Waals surface area contributed by atoms with E-state index in [1.165, 1.54) is 43.5 Å². The minimum Gasteiger partial charge on any atom is -0.497 e. The fraction of sp³-hybridized carbons (Fsp3) is 0.294. The van der Waals surface area contributed by atoms with E-state index < -0.39 is 10.1 Å². The summed E-state index contributed by atoms with van der Waals surface area (Å²) in [4.78, 5) is 11.7. The van der Waals surface area contributed by atoms with Crippen molar-refractivity contribution in [2.45, 2.75) is 25.7 Å². The van der Waals surface area contributed by atoms with E-state index >= 15 is 0 Å². The molecule has 0 aromatic heterocycles. The van der Waals surface area contributed by atoms with Gasteiger partial charge in [-0.15, -0.1) is 0 Å². The van der Waals surface area contributed by atoms with Crippen LogP contribution in [-0.2, 0) is 19.2 Å². The van der Waals surface area contributed by atoms with E-state index in [1.54, 1.807) is 6.92 Å². The number of ether oxygens (including phenoxy) is 1. The molecule has 1 aromatic carbocycles. The minimum absolute atomic E-state index is 0.00402. The van der Waals surface area contributed by atoms with Crippen LogP contribution in [0.5, 0.6) is 5.75 Å². The normalized spacial score (nSPS) is 16.9. The third-order valence-corrected chi connectivity index (χ3v) is 4.65. The molecule has 6 nitrogen and oxygen atoms in total. The van der Waals surface area contributed by atoms with Gasteiger partial charge in [0.2, 0.25) is 0 Å². The summed E-state index contributed by atoms with van der Waals surface area (Å²) < 4.78 is 34.2. The molecule has 1 aliphatic carbocycles. The second-order valence-corrected chi connectivity index (χ2v) is 7.16. The molecule has 0 radical (unpaired) electrons. The van der Waals surface area contributed by atoms with Crippen LogP contribution in [0.15, 0.2) is 57.6 Å². The quantitative estimate of drug-likeness (QED) is 0.603. The molecule has 1 aromatic rings. The third-order valence-electron chi connectivity index (χ3n) is 3.53. The highest BCUT2D eigenvalue weighted by Crippen LogP contribution is 2.22. The molecule has 128 valence electrons.